The summed E-state index contributed by atoms with van der Waals surface area (Å²) in [4.78, 5) is 5.61. The van der Waals surface area contributed by atoms with Gasteiger partial charge in [0.1, 0.15) is 0 Å². The highest BCUT2D eigenvalue weighted by atomic mass is 32.1. The Bertz CT molecular complexity index is 663. The Hall–Kier alpha value is -1.71. The average Bonchev–Trinajstić information content (AvgIpc) is 2.97. The molecule has 0 fully saturated rings. The number of benzene rings is 1. The fourth-order valence-corrected chi connectivity index (χ4v) is 2.93. The van der Waals surface area contributed by atoms with Crippen LogP contribution in [0.15, 0.2) is 54.0 Å². The summed E-state index contributed by atoms with van der Waals surface area (Å²) in [6.07, 6.45) is 3.05. The molecule has 0 saturated heterocycles. The first-order chi connectivity index (χ1) is 9.33. The van der Waals surface area contributed by atoms with Gasteiger partial charge >= 0.3 is 0 Å². The average molecular weight is 269 g/mol. The van der Waals surface area contributed by atoms with Gasteiger partial charge in [-0.25, -0.2) is 0 Å². The molecule has 0 radical (unpaired) electrons. The molecule has 19 heavy (non-hydrogen) atoms. The molecule has 2 aromatic heterocycles. The van der Waals surface area contributed by atoms with Crippen LogP contribution in [0.3, 0.4) is 0 Å². The lowest BCUT2D eigenvalue weighted by Crippen LogP contribution is -1.99. The van der Waals surface area contributed by atoms with Crippen LogP contribution < -0.4 is 0 Å². The van der Waals surface area contributed by atoms with E-state index in [0.717, 1.165) is 29.3 Å². The van der Waals surface area contributed by atoms with E-state index in [2.05, 4.69) is 16.4 Å². The van der Waals surface area contributed by atoms with Crippen molar-refractivity contribution in [3.63, 3.8) is 0 Å². The van der Waals surface area contributed by atoms with Gasteiger partial charge in [0, 0.05) is 16.5 Å². The van der Waals surface area contributed by atoms with Crippen molar-refractivity contribution < 1.29 is 5.11 Å². The van der Waals surface area contributed by atoms with Crippen molar-refractivity contribution in [2.75, 3.05) is 0 Å². The number of rotatable bonds is 4. The maximum absolute atomic E-state index is 10.3. The fourth-order valence-electron chi connectivity index (χ4n) is 2.20. The number of aliphatic hydroxyl groups is 1. The summed E-state index contributed by atoms with van der Waals surface area (Å²) in [6, 6.07) is 14.1. The van der Waals surface area contributed by atoms with E-state index in [1.165, 1.54) is 4.88 Å². The minimum absolute atomic E-state index is 0.410. The Morgan fingerprint density at radius 3 is 2.95 bits per heavy atom. The Morgan fingerprint density at radius 1 is 1.16 bits per heavy atom. The van der Waals surface area contributed by atoms with Crippen LogP contribution in [0.1, 0.15) is 23.0 Å². The summed E-state index contributed by atoms with van der Waals surface area (Å²) < 4.78 is 0. The largest absolute Gasteiger partial charge is 0.388 e. The van der Waals surface area contributed by atoms with Gasteiger partial charge in [-0.1, -0.05) is 18.2 Å². The van der Waals surface area contributed by atoms with Crippen LogP contribution in [-0.4, -0.2) is 10.1 Å². The molecule has 1 unspecified atom stereocenters. The third-order valence-electron chi connectivity index (χ3n) is 3.26. The molecule has 3 heteroatoms. The molecule has 0 spiro atoms. The van der Waals surface area contributed by atoms with E-state index in [1.807, 2.05) is 36.4 Å². The molecule has 2 nitrogen and oxygen atoms in total. The zero-order chi connectivity index (χ0) is 13.1. The quantitative estimate of drug-likeness (QED) is 0.777. The van der Waals surface area contributed by atoms with E-state index in [1.54, 1.807) is 17.5 Å². The second-order valence-electron chi connectivity index (χ2n) is 4.59. The van der Waals surface area contributed by atoms with Crippen molar-refractivity contribution in [3.05, 3.63) is 64.5 Å². The normalized spacial score (nSPS) is 12.7. The number of pyridine rings is 1. The monoisotopic (exact) mass is 269 g/mol. The number of hydrogen-bond acceptors (Lipinski definition) is 3. The van der Waals surface area contributed by atoms with Crippen molar-refractivity contribution in [2.45, 2.75) is 18.9 Å². The molecular weight excluding hydrogens is 254 g/mol. The zero-order valence-corrected chi connectivity index (χ0v) is 11.3. The number of fused-ring (bicyclic) bond motifs is 1. The van der Waals surface area contributed by atoms with Gasteiger partial charge in [0.25, 0.3) is 0 Å². The number of nitrogens with zero attached hydrogens (tertiary/aromatic N) is 1. The van der Waals surface area contributed by atoms with Crippen molar-refractivity contribution >= 4 is 22.2 Å². The number of hydrogen-bond donors (Lipinski definition) is 1. The first kappa shape index (κ1) is 12.3. The lowest BCUT2D eigenvalue weighted by molar-refractivity contribution is 0.168. The van der Waals surface area contributed by atoms with Crippen molar-refractivity contribution in [1.82, 2.24) is 4.98 Å². The van der Waals surface area contributed by atoms with Gasteiger partial charge in [-0.15, -0.1) is 11.3 Å². The maximum Gasteiger partial charge on any atom is 0.0793 e. The Labute approximate surface area is 116 Å². The van der Waals surface area contributed by atoms with Crippen molar-refractivity contribution in [2.24, 2.45) is 0 Å². The molecule has 0 aliphatic heterocycles. The second kappa shape index (κ2) is 5.51. The van der Waals surface area contributed by atoms with Gasteiger partial charge in [0.2, 0.25) is 0 Å². The summed E-state index contributed by atoms with van der Waals surface area (Å²) in [5, 5.41) is 13.4. The molecular formula is C16H15NOS. The van der Waals surface area contributed by atoms with Gasteiger partial charge in [0.15, 0.2) is 0 Å². The van der Waals surface area contributed by atoms with Crippen molar-refractivity contribution in [1.29, 1.82) is 0 Å². The number of aryl methyl sites for hydroxylation is 1. The third-order valence-corrected chi connectivity index (χ3v) is 4.19. The van der Waals surface area contributed by atoms with E-state index in [9.17, 15) is 5.11 Å². The molecule has 0 aliphatic carbocycles. The van der Waals surface area contributed by atoms with E-state index in [-0.39, 0.29) is 0 Å². The number of thiophene rings is 1. The van der Waals surface area contributed by atoms with Crippen LogP contribution in [0, 0.1) is 0 Å². The SMILES string of the molecule is OC(CCc1cccs1)c1ccc2ncccc2c1. The standard InChI is InChI=1S/C16H15NOS/c18-16(8-6-14-4-2-10-19-14)13-5-7-15-12(11-13)3-1-9-17-15/h1-5,7,9-11,16,18H,6,8H2. The molecule has 3 rings (SSSR count). The van der Waals surface area contributed by atoms with Crippen LogP contribution in [0.4, 0.5) is 0 Å². The zero-order valence-electron chi connectivity index (χ0n) is 10.5. The smallest absolute Gasteiger partial charge is 0.0793 e. The summed E-state index contributed by atoms with van der Waals surface area (Å²) in [7, 11) is 0. The van der Waals surface area contributed by atoms with Crippen LogP contribution in [-0.2, 0) is 6.42 Å². The predicted molar refractivity (Wildman–Crippen MR) is 79.3 cm³/mol. The number of aromatic nitrogens is 1. The Balaban J connectivity index is 1.75. The van der Waals surface area contributed by atoms with Gasteiger partial charge in [0.05, 0.1) is 11.6 Å². The predicted octanol–water partition coefficient (Wildman–Crippen LogP) is 3.96. The van der Waals surface area contributed by atoms with E-state index < -0.39 is 6.10 Å². The van der Waals surface area contributed by atoms with Gasteiger partial charge in [-0.05, 0) is 48.1 Å². The summed E-state index contributed by atoms with van der Waals surface area (Å²) >= 11 is 1.74. The molecule has 2 heterocycles. The maximum atomic E-state index is 10.3. The highest BCUT2D eigenvalue weighted by Gasteiger charge is 2.09. The molecule has 1 atom stereocenters. The molecule has 0 bridgehead atoms. The van der Waals surface area contributed by atoms with Crippen LogP contribution in [0.2, 0.25) is 0 Å². The second-order valence-corrected chi connectivity index (χ2v) is 5.62. The minimum atomic E-state index is -0.410. The van der Waals surface area contributed by atoms with Gasteiger partial charge < -0.3 is 5.11 Å². The lowest BCUT2D eigenvalue weighted by Gasteiger charge is -2.11. The third kappa shape index (κ3) is 2.83. The molecule has 0 amide bonds. The van der Waals surface area contributed by atoms with Gasteiger partial charge in [-0.3, -0.25) is 4.98 Å². The number of aliphatic hydroxyl groups excluding tert-OH is 1. The summed E-state index contributed by atoms with van der Waals surface area (Å²) in [6.45, 7) is 0. The molecule has 96 valence electrons. The van der Waals surface area contributed by atoms with Crippen molar-refractivity contribution in [3.8, 4) is 0 Å². The van der Waals surface area contributed by atoms with Crippen LogP contribution in [0.5, 0.6) is 0 Å². The molecule has 0 saturated carbocycles. The first-order valence-electron chi connectivity index (χ1n) is 6.38. The highest BCUT2D eigenvalue weighted by Crippen LogP contribution is 2.23. The Morgan fingerprint density at radius 2 is 2.11 bits per heavy atom. The minimum Gasteiger partial charge on any atom is -0.388 e. The Kier molecular flexibility index (Phi) is 3.58. The van der Waals surface area contributed by atoms with E-state index in [4.69, 9.17) is 0 Å². The molecule has 3 aromatic rings. The van der Waals surface area contributed by atoms with Gasteiger partial charge in [-0.2, -0.15) is 0 Å². The molecule has 1 N–H and O–H groups in total. The molecule has 1 aromatic carbocycles. The van der Waals surface area contributed by atoms with E-state index in [0.29, 0.717) is 0 Å². The topological polar surface area (TPSA) is 33.1 Å². The van der Waals surface area contributed by atoms with Crippen LogP contribution in [0.25, 0.3) is 10.9 Å². The summed E-state index contributed by atoms with van der Waals surface area (Å²) in [5.74, 6) is 0. The van der Waals surface area contributed by atoms with E-state index >= 15 is 0 Å². The van der Waals surface area contributed by atoms with Crippen LogP contribution >= 0.6 is 11.3 Å². The highest BCUT2D eigenvalue weighted by molar-refractivity contribution is 7.09. The first-order valence-corrected chi connectivity index (χ1v) is 7.26. The fraction of sp³-hybridized carbons (Fsp3) is 0.188. The summed E-state index contributed by atoms with van der Waals surface area (Å²) in [5.41, 5.74) is 1.94. The lowest BCUT2D eigenvalue weighted by atomic mass is 10.0. The molecule has 0 aliphatic rings.